The average molecular weight is 264 g/mol. The summed E-state index contributed by atoms with van der Waals surface area (Å²) in [4.78, 5) is 14.2. The standard InChI is InChI=1S/C14H24N4O/c1-11(2)18-7-5-13(16-18)8-14(19)17-6-4-12(10-17)9-15-3/h5,7,11-12,15H,4,6,8-10H2,1-3H3. The van der Waals surface area contributed by atoms with Gasteiger partial charge >= 0.3 is 0 Å². The van der Waals surface area contributed by atoms with Crippen LogP contribution in [0.3, 0.4) is 0 Å². The van der Waals surface area contributed by atoms with E-state index in [1.807, 2.05) is 28.9 Å². The molecule has 0 spiro atoms. The molecule has 0 aromatic carbocycles. The maximum absolute atomic E-state index is 12.2. The van der Waals surface area contributed by atoms with Gasteiger partial charge < -0.3 is 10.2 Å². The molecule has 19 heavy (non-hydrogen) atoms. The average Bonchev–Trinajstić information content (AvgIpc) is 2.98. The molecule has 1 aromatic rings. The van der Waals surface area contributed by atoms with Gasteiger partial charge in [-0.2, -0.15) is 5.10 Å². The summed E-state index contributed by atoms with van der Waals surface area (Å²) < 4.78 is 1.90. The molecule has 0 aliphatic carbocycles. The van der Waals surface area contributed by atoms with Crippen LogP contribution in [0.5, 0.6) is 0 Å². The fourth-order valence-corrected chi connectivity index (χ4v) is 2.54. The van der Waals surface area contributed by atoms with Crippen LogP contribution >= 0.6 is 0 Å². The molecule has 0 radical (unpaired) electrons. The number of hydrogen-bond donors (Lipinski definition) is 1. The molecule has 106 valence electrons. The van der Waals surface area contributed by atoms with Gasteiger partial charge in [0.15, 0.2) is 0 Å². The lowest BCUT2D eigenvalue weighted by molar-refractivity contribution is -0.129. The highest BCUT2D eigenvalue weighted by atomic mass is 16.2. The molecule has 1 saturated heterocycles. The third-order valence-electron chi connectivity index (χ3n) is 3.66. The van der Waals surface area contributed by atoms with E-state index in [2.05, 4.69) is 24.3 Å². The lowest BCUT2D eigenvalue weighted by Crippen LogP contribution is -2.31. The van der Waals surface area contributed by atoms with Crippen LogP contribution < -0.4 is 5.32 Å². The van der Waals surface area contributed by atoms with Crippen molar-refractivity contribution in [1.82, 2.24) is 20.0 Å². The van der Waals surface area contributed by atoms with Crippen molar-refractivity contribution in [2.45, 2.75) is 32.7 Å². The molecule has 1 aliphatic heterocycles. The van der Waals surface area contributed by atoms with Crippen molar-refractivity contribution >= 4 is 5.91 Å². The molecule has 1 aliphatic rings. The minimum absolute atomic E-state index is 0.201. The van der Waals surface area contributed by atoms with Gasteiger partial charge in [-0.1, -0.05) is 0 Å². The van der Waals surface area contributed by atoms with Gasteiger partial charge in [-0.15, -0.1) is 0 Å². The van der Waals surface area contributed by atoms with E-state index in [0.29, 0.717) is 18.4 Å². The Balaban J connectivity index is 1.87. The number of aromatic nitrogens is 2. The molecule has 1 aromatic heterocycles. The topological polar surface area (TPSA) is 50.2 Å². The lowest BCUT2D eigenvalue weighted by Gasteiger charge is -2.16. The molecule has 1 unspecified atom stereocenters. The molecule has 1 amide bonds. The smallest absolute Gasteiger partial charge is 0.228 e. The van der Waals surface area contributed by atoms with E-state index in [9.17, 15) is 4.79 Å². The van der Waals surface area contributed by atoms with Gasteiger partial charge in [0.2, 0.25) is 5.91 Å². The van der Waals surface area contributed by atoms with Crippen LogP contribution in [0.4, 0.5) is 0 Å². The van der Waals surface area contributed by atoms with Gasteiger partial charge in [-0.3, -0.25) is 9.48 Å². The molecule has 1 N–H and O–H groups in total. The molecule has 2 rings (SSSR count). The minimum Gasteiger partial charge on any atom is -0.342 e. The van der Waals surface area contributed by atoms with E-state index >= 15 is 0 Å². The summed E-state index contributed by atoms with van der Waals surface area (Å²) >= 11 is 0. The third-order valence-corrected chi connectivity index (χ3v) is 3.66. The third kappa shape index (κ3) is 3.56. The Morgan fingerprint density at radius 1 is 1.58 bits per heavy atom. The molecule has 1 atom stereocenters. The number of carbonyl (C=O) groups is 1. The van der Waals surface area contributed by atoms with Crippen molar-refractivity contribution < 1.29 is 4.79 Å². The molecular weight excluding hydrogens is 240 g/mol. The zero-order valence-electron chi connectivity index (χ0n) is 12.1. The van der Waals surface area contributed by atoms with Gasteiger partial charge in [-0.05, 0) is 45.8 Å². The molecule has 5 heteroatoms. The van der Waals surface area contributed by atoms with Gasteiger partial charge in [-0.25, -0.2) is 0 Å². The Kier molecular flexibility index (Phi) is 4.58. The summed E-state index contributed by atoms with van der Waals surface area (Å²) in [6.07, 6.45) is 3.47. The van der Waals surface area contributed by atoms with E-state index in [1.54, 1.807) is 0 Å². The second kappa shape index (κ2) is 6.19. The Labute approximate surface area is 115 Å². The van der Waals surface area contributed by atoms with E-state index < -0.39 is 0 Å². The predicted octanol–water partition coefficient (Wildman–Crippen LogP) is 1.07. The van der Waals surface area contributed by atoms with Crippen molar-refractivity contribution in [3.63, 3.8) is 0 Å². The quantitative estimate of drug-likeness (QED) is 0.865. The predicted molar refractivity (Wildman–Crippen MR) is 74.9 cm³/mol. The van der Waals surface area contributed by atoms with Crippen LogP contribution in [0, 0.1) is 5.92 Å². The van der Waals surface area contributed by atoms with Gasteiger partial charge in [0.25, 0.3) is 0 Å². The number of nitrogens with zero attached hydrogens (tertiary/aromatic N) is 3. The summed E-state index contributed by atoms with van der Waals surface area (Å²) in [5, 5.41) is 7.61. The summed E-state index contributed by atoms with van der Waals surface area (Å²) in [5.41, 5.74) is 0.871. The minimum atomic E-state index is 0.201. The molecule has 2 heterocycles. The summed E-state index contributed by atoms with van der Waals surface area (Å²) in [6.45, 7) is 6.93. The first-order valence-electron chi connectivity index (χ1n) is 7.06. The van der Waals surface area contributed by atoms with Gasteiger partial charge in [0.1, 0.15) is 0 Å². The Morgan fingerprint density at radius 2 is 2.37 bits per heavy atom. The SMILES string of the molecule is CNCC1CCN(C(=O)Cc2ccn(C(C)C)n2)C1. The Hall–Kier alpha value is -1.36. The second-order valence-corrected chi connectivity index (χ2v) is 5.61. The van der Waals surface area contributed by atoms with Crippen molar-refractivity contribution in [3.8, 4) is 0 Å². The van der Waals surface area contributed by atoms with E-state index in [0.717, 1.165) is 31.7 Å². The normalized spacial score (nSPS) is 19.4. The highest BCUT2D eigenvalue weighted by Gasteiger charge is 2.25. The zero-order chi connectivity index (χ0) is 13.8. The van der Waals surface area contributed by atoms with E-state index in [-0.39, 0.29) is 5.91 Å². The van der Waals surface area contributed by atoms with Crippen LogP contribution in [-0.4, -0.2) is 47.3 Å². The van der Waals surface area contributed by atoms with Crippen LogP contribution in [0.25, 0.3) is 0 Å². The van der Waals surface area contributed by atoms with Crippen molar-refractivity contribution in [1.29, 1.82) is 0 Å². The maximum Gasteiger partial charge on any atom is 0.228 e. The highest BCUT2D eigenvalue weighted by Crippen LogP contribution is 2.16. The van der Waals surface area contributed by atoms with Crippen molar-refractivity contribution in [2.24, 2.45) is 5.92 Å². The number of nitrogens with one attached hydrogen (secondary N) is 1. The van der Waals surface area contributed by atoms with E-state index in [4.69, 9.17) is 0 Å². The molecular formula is C14H24N4O. The molecule has 0 bridgehead atoms. The first-order chi connectivity index (χ1) is 9.10. The Morgan fingerprint density at radius 3 is 3.00 bits per heavy atom. The van der Waals surface area contributed by atoms with E-state index in [1.165, 1.54) is 0 Å². The van der Waals surface area contributed by atoms with Gasteiger partial charge in [0.05, 0.1) is 12.1 Å². The number of carbonyl (C=O) groups excluding carboxylic acids is 1. The zero-order valence-corrected chi connectivity index (χ0v) is 12.1. The Bertz CT molecular complexity index is 427. The fraction of sp³-hybridized carbons (Fsp3) is 0.714. The van der Waals surface area contributed by atoms with Crippen molar-refractivity contribution in [3.05, 3.63) is 18.0 Å². The van der Waals surface area contributed by atoms with Gasteiger partial charge in [0, 0.05) is 25.3 Å². The van der Waals surface area contributed by atoms with Crippen LogP contribution in [0.2, 0.25) is 0 Å². The van der Waals surface area contributed by atoms with Crippen LogP contribution in [0.1, 0.15) is 32.0 Å². The summed E-state index contributed by atoms with van der Waals surface area (Å²) in [5.74, 6) is 0.801. The first-order valence-corrected chi connectivity index (χ1v) is 7.06. The lowest BCUT2D eigenvalue weighted by atomic mass is 10.1. The first kappa shape index (κ1) is 14.1. The monoisotopic (exact) mass is 264 g/mol. The number of rotatable bonds is 5. The molecule has 0 saturated carbocycles. The van der Waals surface area contributed by atoms with Crippen LogP contribution in [0.15, 0.2) is 12.3 Å². The van der Waals surface area contributed by atoms with Crippen LogP contribution in [-0.2, 0) is 11.2 Å². The summed E-state index contributed by atoms with van der Waals surface area (Å²) in [7, 11) is 1.96. The number of amides is 1. The second-order valence-electron chi connectivity index (χ2n) is 5.61. The molecule has 1 fully saturated rings. The summed E-state index contributed by atoms with van der Waals surface area (Å²) in [6, 6.07) is 2.29. The number of hydrogen-bond acceptors (Lipinski definition) is 3. The largest absolute Gasteiger partial charge is 0.342 e. The van der Waals surface area contributed by atoms with Crippen molar-refractivity contribution in [2.75, 3.05) is 26.7 Å². The maximum atomic E-state index is 12.2. The molecule has 5 nitrogen and oxygen atoms in total. The highest BCUT2D eigenvalue weighted by molar-refractivity contribution is 5.78. The fourth-order valence-electron chi connectivity index (χ4n) is 2.54. The number of likely N-dealkylation sites (tertiary alicyclic amines) is 1.